The number of carbonyl (C=O) groups excluding carboxylic acids is 1. The van der Waals surface area contributed by atoms with Gasteiger partial charge in [-0.3, -0.25) is 4.79 Å². The Hall–Kier alpha value is -3.09. The van der Waals surface area contributed by atoms with Crippen LogP contribution in [0.15, 0.2) is 41.3 Å². The first-order chi connectivity index (χ1) is 14.3. The zero-order valence-corrected chi connectivity index (χ0v) is 17.7. The van der Waals surface area contributed by atoms with Gasteiger partial charge in [0, 0.05) is 6.54 Å². The van der Waals surface area contributed by atoms with Gasteiger partial charge in [0.25, 0.3) is 0 Å². The van der Waals surface area contributed by atoms with E-state index in [1.807, 2.05) is 12.1 Å². The van der Waals surface area contributed by atoms with Gasteiger partial charge < -0.3 is 14.2 Å². The fourth-order valence-electron chi connectivity index (χ4n) is 3.58. The molecule has 0 bridgehead atoms. The molecule has 1 aliphatic heterocycles. The average molecular weight is 430 g/mol. The molecule has 1 atom stereocenters. The molecule has 3 rings (SSSR count). The average Bonchev–Trinajstić information content (AvgIpc) is 2.77. The highest BCUT2D eigenvalue weighted by atomic mass is 32.2. The highest BCUT2D eigenvalue weighted by Crippen LogP contribution is 2.41. The van der Waals surface area contributed by atoms with Crippen LogP contribution in [-0.4, -0.2) is 46.6 Å². The summed E-state index contributed by atoms with van der Waals surface area (Å²) in [6, 6.07) is 10.4. The maximum absolute atomic E-state index is 13.4. The number of benzene rings is 2. The number of nitrogens with zero attached hydrogens (tertiary/aromatic N) is 2. The minimum Gasteiger partial charge on any atom is -0.493 e. The van der Waals surface area contributed by atoms with E-state index in [9.17, 15) is 13.2 Å². The maximum Gasteiger partial charge on any atom is 0.307 e. The first-order valence-corrected chi connectivity index (χ1v) is 10.6. The molecule has 8 nitrogen and oxygen atoms in total. The SMILES string of the molecule is COC(=O)CC1c2cc(OC)c(OC)cc2CCN1S(=O)(=O)c1ccc(C#N)cc1. The van der Waals surface area contributed by atoms with Crippen LogP contribution in [0.5, 0.6) is 11.5 Å². The fraction of sp³-hybridized carbons (Fsp3) is 0.333. The maximum atomic E-state index is 13.4. The summed E-state index contributed by atoms with van der Waals surface area (Å²) in [6.07, 6.45) is 0.303. The standard InChI is InChI=1S/C21H22N2O6S/c1-27-19-10-15-8-9-23(30(25,26)16-6-4-14(13-22)5-7-16)18(12-21(24)29-3)17(15)11-20(19)28-2/h4-7,10-11,18H,8-9,12H2,1-3H3. The lowest BCUT2D eigenvalue weighted by atomic mass is 9.91. The van der Waals surface area contributed by atoms with Gasteiger partial charge >= 0.3 is 5.97 Å². The van der Waals surface area contributed by atoms with E-state index < -0.39 is 22.0 Å². The summed E-state index contributed by atoms with van der Waals surface area (Å²) < 4.78 is 43.6. The second-order valence-electron chi connectivity index (χ2n) is 6.70. The van der Waals surface area contributed by atoms with Gasteiger partial charge in [0.15, 0.2) is 11.5 Å². The summed E-state index contributed by atoms with van der Waals surface area (Å²) in [4.78, 5) is 12.2. The summed E-state index contributed by atoms with van der Waals surface area (Å²) in [7, 11) is 0.362. The van der Waals surface area contributed by atoms with Crippen molar-refractivity contribution in [3.63, 3.8) is 0 Å². The van der Waals surface area contributed by atoms with E-state index in [4.69, 9.17) is 19.5 Å². The zero-order chi connectivity index (χ0) is 21.9. The smallest absolute Gasteiger partial charge is 0.307 e. The van der Waals surface area contributed by atoms with Crippen LogP contribution < -0.4 is 9.47 Å². The molecule has 1 aliphatic rings. The molecule has 0 amide bonds. The van der Waals surface area contributed by atoms with Gasteiger partial charge in [-0.1, -0.05) is 0 Å². The van der Waals surface area contributed by atoms with E-state index >= 15 is 0 Å². The molecular formula is C21H22N2O6S. The third-order valence-corrected chi connectivity index (χ3v) is 7.05. The van der Waals surface area contributed by atoms with Crippen LogP contribution in [-0.2, 0) is 26.0 Å². The molecule has 2 aromatic carbocycles. The van der Waals surface area contributed by atoms with Crippen LogP contribution in [0, 0.1) is 11.3 Å². The van der Waals surface area contributed by atoms with Crippen molar-refractivity contribution in [2.24, 2.45) is 0 Å². The second kappa shape index (κ2) is 8.73. The number of esters is 1. The molecule has 0 aliphatic carbocycles. The van der Waals surface area contributed by atoms with Gasteiger partial charge in [-0.2, -0.15) is 9.57 Å². The molecule has 0 saturated carbocycles. The van der Waals surface area contributed by atoms with Crippen LogP contribution in [0.1, 0.15) is 29.2 Å². The van der Waals surface area contributed by atoms with Crippen molar-refractivity contribution in [1.29, 1.82) is 5.26 Å². The molecule has 0 fully saturated rings. The molecule has 158 valence electrons. The molecular weight excluding hydrogens is 408 g/mol. The molecule has 0 aromatic heterocycles. The number of sulfonamides is 1. The van der Waals surface area contributed by atoms with E-state index in [0.717, 1.165) is 5.56 Å². The fourth-order valence-corrected chi connectivity index (χ4v) is 5.19. The van der Waals surface area contributed by atoms with E-state index in [2.05, 4.69) is 0 Å². The molecule has 2 aromatic rings. The van der Waals surface area contributed by atoms with Crippen LogP contribution >= 0.6 is 0 Å². The quantitative estimate of drug-likeness (QED) is 0.648. The van der Waals surface area contributed by atoms with E-state index in [0.29, 0.717) is 29.0 Å². The number of rotatable bonds is 6. The minimum absolute atomic E-state index is 0.0558. The van der Waals surface area contributed by atoms with Gasteiger partial charge in [0.1, 0.15) is 0 Å². The Balaban J connectivity index is 2.10. The number of nitriles is 1. The van der Waals surface area contributed by atoms with Gasteiger partial charge in [-0.15, -0.1) is 0 Å². The number of fused-ring (bicyclic) bond motifs is 1. The van der Waals surface area contributed by atoms with E-state index in [1.165, 1.54) is 49.9 Å². The predicted octanol–water partition coefficient (Wildman–Crippen LogP) is 2.43. The Morgan fingerprint density at radius 1 is 1.13 bits per heavy atom. The molecule has 0 N–H and O–H groups in total. The summed E-state index contributed by atoms with van der Waals surface area (Å²) >= 11 is 0. The third kappa shape index (κ3) is 3.97. The van der Waals surface area contributed by atoms with E-state index in [1.54, 1.807) is 6.07 Å². The Bertz CT molecular complexity index is 1090. The van der Waals surface area contributed by atoms with Crippen molar-refractivity contribution in [2.75, 3.05) is 27.9 Å². The van der Waals surface area contributed by atoms with Crippen molar-refractivity contribution in [3.8, 4) is 17.6 Å². The number of methoxy groups -OCH3 is 3. The van der Waals surface area contributed by atoms with Crippen molar-refractivity contribution in [3.05, 3.63) is 53.1 Å². The lowest BCUT2D eigenvalue weighted by Gasteiger charge is -2.36. The van der Waals surface area contributed by atoms with Crippen LogP contribution in [0.25, 0.3) is 0 Å². The van der Waals surface area contributed by atoms with Crippen LogP contribution in [0.2, 0.25) is 0 Å². The first kappa shape index (κ1) is 21.6. The number of hydrogen-bond donors (Lipinski definition) is 0. The number of carbonyl (C=O) groups is 1. The van der Waals surface area contributed by atoms with Crippen molar-refractivity contribution in [1.82, 2.24) is 4.31 Å². The zero-order valence-electron chi connectivity index (χ0n) is 16.9. The first-order valence-electron chi connectivity index (χ1n) is 9.19. The van der Waals surface area contributed by atoms with Gasteiger partial charge in [-0.05, 0) is 53.9 Å². The van der Waals surface area contributed by atoms with Gasteiger partial charge in [0.05, 0.1) is 50.3 Å². The van der Waals surface area contributed by atoms with Gasteiger partial charge in [-0.25, -0.2) is 8.42 Å². The molecule has 0 radical (unpaired) electrons. The Labute approximate surface area is 175 Å². The molecule has 30 heavy (non-hydrogen) atoms. The predicted molar refractivity (Wildman–Crippen MR) is 108 cm³/mol. The van der Waals surface area contributed by atoms with Crippen molar-refractivity contribution >= 4 is 16.0 Å². The molecule has 1 unspecified atom stereocenters. The summed E-state index contributed by atoms with van der Waals surface area (Å²) in [6.45, 7) is 0.187. The number of hydrogen-bond acceptors (Lipinski definition) is 7. The van der Waals surface area contributed by atoms with Crippen LogP contribution in [0.3, 0.4) is 0 Å². The minimum atomic E-state index is -3.92. The lowest BCUT2D eigenvalue weighted by Crippen LogP contribution is -2.41. The molecule has 1 heterocycles. The largest absolute Gasteiger partial charge is 0.493 e. The molecule has 9 heteroatoms. The van der Waals surface area contributed by atoms with E-state index in [-0.39, 0.29) is 17.9 Å². The highest BCUT2D eigenvalue weighted by Gasteiger charge is 2.38. The number of ether oxygens (including phenoxy) is 3. The third-order valence-electron chi connectivity index (χ3n) is 5.13. The lowest BCUT2D eigenvalue weighted by molar-refractivity contribution is -0.141. The Morgan fingerprint density at radius 2 is 1.77 bits per heavy atom. The Kier molecular flexibility index (Phi) is 6.29. The van der Waals surface area contributed by atoms with Crippen molar-refractivity contribution in [2.45, 2.75) is 23.8 Å². The monoisotopic (exact) mass is 430 g/mol. The summed E-state index contributed by atoms with van der Waals surface area (Å²) in [5, 5.41) is 8.97. The van der Waals surface area contributed by atoms with Gasteiger partial charge in [0.2, 0.25) is 10.0 Å². The highest BCUT2D eigenvalue weighted by molar-refractivity contribution is 7.89. The normalized spacial score (nSPS) is 16.3. The Morgan fingerprint density at radius 3 is 2.33 bits per heavy atom. The summed E-state index contributed by atoms with van der Waals surface area (Å²) in [5.74, 6) is 0.461. The second-order valence-corrected chi connectivity index (χ2v) is 8.59. The topological polar surface area (TPSA) is 106 Å². The summed E-state index contributed by atoms with van der Waals surface area (Å²) in [5.41, 5.74) is 1.91. The van der Waals surface area contributed by atoms with Crippen molar-refractivity contribution < 1.29 is 27.4 Å². The molecule has 0 saturated heterocycles. The molecule has 0 spiro atoms. The van der Waals surface area contributed by atoms with Crippen LogP contribution in [0.4, 0.5) is 0 Å².